The Morgan fingerprint density at radius 3 is 2.65 bits per heavy atom. The zero-order valence-electron chi connectivity index (χ0n) is 14.0. The summed E-state index contributed by atoms with van der Waals surface area (Å²) in [7, 11) is 0. The van der Waals surface area contributed by atoms with E-state index in [1.165, 1.54) is 6.39 Å². The van der Waals surface area contributed by atoms with Gasteiger partial charge in [0.25, 0.3) is 5.91 Å². The van der Waals surface area contributed by atoms with E-state index in [0.29, 0.717) is 42.9 Å². The second-order valence-electron chi connectivity index (χ2n) is 6.04. The van der Waals surface area contributed by atoms with E-state index >= 15 is 0 Å². The van der Waals surface area contributed by atoms with Gasteiger partial charge in [-0.2, -0.15) is 0 Å². The third kappa shape index (κ3) is 4.06. The Morgan fingerprint density at radius 2 is 1.96 bits per heavy atom. The first-order valence-corrected chi connectivity index (χ1v) is 8.10. The van der Waals surface area contributed by atoms with Crippen LogP contribution >= 0.6 is 24.8 Å². The molecule has 2 aliphatic rings. The van der Waals surface area contributed by atoms with Gasteiger partial charge in [-0.3, -0.25) is 4.79 Å². The van der Waals surface area contributed by atoms with Crippen molar-refractivity contribution in [2.24, 2.45) is 11.7 Å². The highest BCUT2D eigenvalue weighted by Crippen LogP contribution is 2.36. The van der Waals surface area contributed by atoms with Crippen molar-refractivity contribution in [3.8, 4) is 22.8 Å². The number of amides is 1. The molecular weight excluding hydrogens is 381 g/mol. The molecule has 1 saturated carbocycles. The van der Waals surface area contributed by atoms with Gasteiger partial charge < -0.3 is 24.9 Å². The molecule has 1 aromatic heterocycles. The number of hydrogen-bond acceptors (Lipinski definition) is 6. The summed E-state index contributed by atoms with van der Waals surface area (Å²) < 4.78 is 16.5. The SMILES string of the molecule is Cl.Cl.NCC(NC(=O)c1ncoc1-c1ccc2c(c1)OCCO2)C1CC1. The molecule has 1 unspecified atom stereocenters. The summed E-state index contributed by atoms with van der Waals surface area (Å²) in [5.41, 5.74) is 6.73. The summed E-state index contributed by atoms with van der Waals surface area (Å²) in [6.45, 7) is 1.46. The molecule has 1 amide bonds. The molecule has 0 bridgehead atoms. The molecule has 0 saturated heterocycles. The Balaban J connectivity index is 0.00000121. The average Bonchev–Trinajstić information content (AvgIpc) is 3.34. The molecular formula is C17H21Cl2N3O4. The van der Waals surface area contributed by atoms with E-state index in [4.69, 9.17) is 19.6 Å². The first kappa shape index (κ1) is 20.4. The van der Waals surface area contributed by atoms with Gasteiger partial charge in [0.15, 0.2) is 29.3 Å². The molecule has 7 nitrogen and oxygen atoms in total. The minimum atomic E-state index is -0.268. The number of oxazole rings is 1. The molecule has 0 spiro atoms. The maximum atomic E-state index is 12.5. The van der Waals surface area contributed by atoms with E-state index in [-0.39, 0.29) is 42.5 Å². The van der Waals surface area contributed by atoms with Crippen LogP contribution in [0.5, 0.6) is 11.5 Å². The molecule has 1 atom stereocenters. The molecule has 26 heavy (non-hydrogen) atoms. The fraction of sp³-hybridized carbons (Fsp3) is 0.412. The summed E-state index contributed by atoms with van der Waals surface area (Å²) in [6.07, 6.45) is 3.49. The number of nitrogens with zero attached hydrogens (tertiary/aromatic N) is 1. The second kappa shape index (κ2) is 8.62. The van der Waals surface area contributed by atoms with E-state index in [1.54, 1.807) is 12.1 Å². The van der Waals surface area contributed by atoms with Crippen molar-refractivity contribution < 1.29 is 18.7 Å². The number of nitrogens with one attached hydrogen (secondary N) is 1. The number of carbonyl (C=O) groups excluding carboxylic acids is 1. The van der Waals surface area contributed by atoms with Crippen LogP contribution in [-0.4, -0.2) is 36.7 Å². The molecule has 0 radical (unpaired) electrons. The number of hydrogen-bond donors (Lipinski definition) is 2. The van der Waals surface area contributed by atoms with Crippen LogP contribution in [0.3, 0.4) is 0 Å². The zero-order chi connectivity index (χ0) is 16.5. The Hall–Kier alpha value is -1.96. The van der Waals surface area contributed by atoms with Crippen LogP contribution in [0.4, 0.5) is 0 Å². The van der Waals surface area contributed by atoms with Gasteiger partial charge in [0.1, 0.15) is 13.2 Å². The molecule has 2 heterocycles. The number of aromatic nitrogens is 1. The quantitative estimate of drug-likeness (QED) is 0.797. The summed E-state index contributed by atoms with van der Waals surface area (Å²) in [5.74, 6) is 1.95. The monoisotopic (exact) mass is 401 g/mol. The van der Waals surface area contributed by atoms with E-state index in [1.807, 2.05) is 6.07 Å². The van der Waals surface area contributed by atoms with E-state index in [9.17, 15) is 4.79 Å². The van der Waals surface area contributed by atoms with Crippen molar-refractivity contribution >= 4 is 30.7 Å². The van der Waals surface area contributed by atoms with Gasteiger partial charge >= 0.3 is 0 Å². The third-order valence-electron chi connectivity index (χ3n) is 4.35. The lowest BCUT2D eigenvalue weighted by Crippen LogP contribution is -2.42. The van der Waals surface area contributed by atoms with Crippen molar-refractivity contribution in [2.45, 2.75) is 18.9 Å². The summed E-state index contributed by atoms with van der Waals surface area (Å²) in [5, 5.41) is 2.96. The Labute approximate surface area is 163 Å². The lowest BCUT2D eigenvalue weighted by Gasteiger charge is -2.18. The number of nitrogens with two attached hydrogens (primary N) is 1. The largest absolute Gasteiger partial charge is 0.486 e. The predicted octanol–water partition coefficient (Wildman–Crippen LogP) is 2.42. The first-order valence-electron chi connectivity index (χ1n) is 8.10. The Kier molecular flexibility index (Phi) is 6.75. The number of fused-ring (bicyclic) bond motifs is 1. The highest BCUT2D eigenvalue weighted by atomic mass is 35.5. The topological polar surface area (TPSA) is 99.6 Å². The number of ether oxygens (including phenoxy) is 2. The van der Waals surface area contributed by atoms with Crippen molar-refractivity contribution in [2.75, 3.05) is 19.8 Å². The molecule has 3 N–H and O–H groups in total. The first-order chi connectivity index (χ1) is 11.8. The van der Waals surface area contributed by atoms with E-state index < -0.39 is 0 Å². The van der Waals surface area contributed by atoms with Gasteiger partial charge in [0.05, 0.1) is 0 Å². The van der Waals surface area contributed by atoms with Crippen LogP contribution < -0.4 is 20.5 Å². The smallest absolute Gasteiger partial charge is 0.274 e. The number of benzene rings is 1. The van der Waals surface area contributed by atoms with Crippen LogP contribution in [0.25, 0.3) is 11.3 Å². The normalized spacial score (nSPS) is 16.0. The van der Waals surface area contributed by atoms with Gasteiger partial charge in [-0.25, -0.2) is 4.98 Å². The van der Waals surface area contributed by atoms with Gasteiger partial charge in [-0.1, -0.05) is 0 Å². The molecule has 142 valence electrons. The van der Waals surface area contributed by atoms with Crippen molar-refractivity contribution in [1.29, 1.82) is 0 Å². The standard InChI is InChI=1S/C17H19N3O4.2ClH/c18-8-12(10-1-2-10)20-17(21)15-16(24-9-19-15)11-3-4-13-14(7-11)23-6-5-22-13;;/h3-4,7,9-10,12H,1-2,5-6,8,18H2,(H,20,21);2*1H. The van der Waals surface area contributed by atoms with Crippen LogP contribution in [0.1, 0.15) is 23.3 Å². The summed E-state index contributed by atoms with van der Waals surface area (Å²) in [6, 6.07) is 5.42. The summed E-state index contributed by atoms with van der Waals surface area (Å²) in [4.78, 5) is 16.6. The third-order valence-corrected chi connectivity index (χ3v) is 4.35. The Bertz CT molecular complexity index is 764. The lowest BCUT2D eigenvalue weighted by atomic mass is 10.1. The van der Waals surface area contributed by atoms with Gasteiger partial charge in [-0.05, 0) is 37.0 Å². The fourth-order valence-corrected chi connectivity index (χ4v) is 2.90. The molecule has 1 aliphatic heterocycles. The minimum absolute atomic E-state index is 0. The maximum Gasteiger partial charge on any atom is 0.274 e. The summed E-state index contributed by atoms with van der Waals surface area (Å²) >= 11 is 0. The van der Waals surface area contributed by atoms with Gasteiger partial charge in [-0.15, -0.1) is 24.8 Å². The molecule has 1 fully saturated rings. The predicted molar refractivity (Wildman–Crippen MR) is 100 cm³/mol. The van der Waals surface area contributed by atoms with Crippen LogP contribution in [-0.2, 0) is 0 Å². The zero-order valence-corrected chi connectivity index (χ0v) is 15.6. The van der Waals surface area contributed by atoms with Gasteiger partial charge in [0, 0.05) is 18.2 Å². The van der Waals surface area contributed by atoms with Crippen LogP contribution in [0.15, 0.2) is 29.0 Å². The fourth-order valence-electron chi connectivity index (χ4n) is 2.90. The average molecular weight is 402 g/mol. The number of rotatable bonds is 5. The number of halogens is 2. The van der Waals surface area contributed by atoms with Crippen LogP contribution in [0, 0.1) is 5.92 Å². The second-order valence-corrected chi connectivity index (χ2v) is 6.04. The van der Waals surface area contributed by atoms with Crippen molar-refractivity contribution in [3.05, 3.63) is 30.3 Å². The van der Waals surface area contributed by atoms with E-state index in [2.05, 4.69) is 10.3 Å². The molecule has 1 aromatic carbocycles. The highest BCUT2D eigenvalue weighted by Gasteiger charge is 2.32. The number of carbonyl (C=O) groups is 1. The minimum Gasteiger partial charge on any atom is -0.486 e. The van der Waals surface area contributed by atoms with Crippen molar-refractivity contribution in [1.82, 2.24) is 10.3 Å². The van der Waals surface area contributed by atoms with E-state index in [0.717, 1.165) is 18.4 Å². The van der Waals surface area contributed by atoms with Crippen LogP contribution in [0.2, 0.25) is 0 Å². The maximum absolute atomic E-state index is 12.5. The molecule has 1 aliphatic carbocycles. The van der Waals surface area contributed by atoms with Crippen molar-refractivity contribution in [3.63, 3.8) is 0 Å². The molecule has 2 aromatic rings. The Morgan fingerprint density at radius 1 is 1.23 bits per heavy atom. The molecule has 4 rings (SSSR count). The lowest BCUT2D eigenvalue weighted by molar-refractivity contribution is 0.0929. The molecule has 9 heteroatoms. The highest BCUT2D eigenvalue weighted by molar-refractivity contribution is 5.98. The van der Waals surface area contributed by atoms with Gasteiger partial charge in [0.2, 0.25) is 0 Å².